The van der Waals surface area contributed by atoms with Crippen molar-refractivity contribution in [3.63, 3.8) is 0 Å². The van der Waals surface area contributed by atoms with Crippen LogP contribution in [0.1, 0.15) is 17.9 Å². The zero-order valence-corrected chi connectivity index (χ0v) is 12.1. The molecule has 1 heterocycles. The molecule has 0 spiro atoms. The highest BCUT2D eigenvalue weighted by Crippen LogP contribution is 2.30. The number of likely N-dealkylation sites (tertiary alicyclic amines) is 1. The van der Waals surface area contributed by atoms with Gasteiger partial charge in [0.2, 0.25) is 0 Å². The molecular weight excluding hydrogens is 320 g/mol. The summed E-state index contributed by atoms with van der Waals surface area (Å²) >= 11 is 5.87. The lowest BCUT2D eigenvalue weighted by molar-refractivity contribution is -0.878. The van der Waals surface area contributed by atoms with Gasteiger partial charge in [0.05, 0.1) is 27.2 Å². The van der Waals surface area contributed by atoms with Gasteiger partial charge >= 0.3 is 0 Å². The van der Waals surface area contributed by atoms with Crippen molar-refractivity contribution in [2.24, 2.45) is 0 Å². The Hall–Kier alpha value is 0.200. The number of hydrogen-bond acceptors (Lipinski definition) is 0. The van der Waals surface area contributed by atoms with Gasteiger partial charge in [0, 0.05) is 17.4 Å². The smallest absolute Gasteiger partial charge is 0.0854 e. The lowest BCUT2D eigenvalue weighted by Crippen LogP contribution is -3.00. The predicted octanol–water partition coefficient (Wildman–Crippen LogP) is -0.0923. The number of nitrogens with zero attached hydrogens (tertiary/aromatic N) is 1. The molecule has 1 saturated heterocycles. The van der Waals surface area contributed by atoms with Crippen molar-refractivity contribution in [1.82, 2.24) is 0 Å². The van der Waals surface area contributed by atoms with Gasteiger partial charge in [0.25, 0.3) is 0 Å². The van der Waals surface area contributed by atoms with E-state index in [0.29, 0.717) is 0 Å². The number of quaternary nitrogens is 1. The molecule has 0 radical (unpaired) electrons. The molecule has 1 aliphatic heterocycles. The van der Waals surface area contributed by atoms with Gasteiger partial charge in [0.15, 0.2) is 0 Å². The molecular formula is C12H17ClIN. The maximum absolute atomic E-state index is 5.87. The normalized spacial score (nSPS) is 23.5. The summed E-state index contributed by atoms with van der Waals surface area (Å²) in [6.07, 6.45) is 1.30. The minimum atomic E-state index is 0. The molecule has 1 aromatic rings. The Labute approximate surface area is 114 Å². The van der Waals surface area contributed by atoms with Crippen LogP contribution >= 0.6 is 11.6 Å². The van der Waals surface area contributed by atoms with Crippen LogP contribution < -0.4 is 24.0 Å². The van der Waals surface area contributed by atoms with Gasteiger partial charge in [-0.3, -0.25) is 0 Å². The second-order valence-electron chi connectivity index (χ2n) is 4.88. The van der Waals surface area contributed by atoms with E-state index in [2.05, 4.69) is 26.2 Å². The molecule has 0 aliphatic carbocycles. The molecule has 0 saturated carbocycles. The topological polar surface area (TPSA) is 0 Å². The van der Waals surface area contributed by atoms with E-state index in [1.807, 2.05) is 12.1 Å². The van der Waals surface area contributed by atoms with Crippen molar-refractivity contribution in [3.05, 3.63) is 34.9 Å². The fourth-order valence-electron chi connectivity index (χ4n) is 2.29. The molecule has 1 aromatic carbocycles. The van der Waals surface area contributed by atoms with E-state index in [1.54, 1.807) is 0 Å². The molecule has 15 heavy (non-hydrogen) atoms. The van der Waals surface area contributed by atoms with Crippen LogP contribution in [-0.2, 0) is 0 Å². The van der Waals surface area contributed by atoms with E-state index < -0.39 is 0 Å². The molecule has 0 bridgehead atoms. The quantitative estimate of drug-likeness (QED) is 0.496. The zero-order valence-electron chi connectivity index (χ0n) is 9.21. The van der Waals surface area contributed by atoms with Crippen LogP contribution in [0, 0.1) is 0 Å². The molecule has 2 rings (SSSR count). The summed E-state index contributed by atoms with van der Waals surface area (Å²) in [6, 6.07) is 8.32. The SMILES string of the molecule is C[N+]1(C)CCC(c2ccc(Cl)cc2)C1.[I-]. The molecule has 0 amide bonds. The van der Waals surface area contributed by atoms with Crippen LogP contribution in [0.15, 0.2) is 24.3 Å². The van der Waals surface area contributed by atoms with E-state index in [-0.39, 0.29) is 24.0 Å². The summed E-state index contributed by atoms with van der Waals surface area (Å²) in [6.45, 7) is 2.54. The highest BCUT2D eigenvalue weighted by atomic mass is 127. The molecule has 0 aromatic heterocycles. The summed E-state index contributed by atoms with van der Waals surface area (Å²) in [5.41, 5.74) is 1.44. The lowest BCUT2D eigenvalue weighted by Gasteiger charge is -2.23. The summed E-state index contributed by atoms with van der Waals surface area (Å²) in [4.78, 5) is 0. The van der Waals surface area contributed by atoms with E-state index in [9.17, 15) is 0 Å². The van der Waals surface area contributed by atoms with Crippen molar-refractivity contribution in [3.8, 4) is 0 Å². The highest BCUT2D eigenvalue weighted by molar-refractivity contribution is 6.30. The van der Waals surface area contributed by atoms with Crippen LogP contribution in [0.5, 0.6) is 0 Å². The molecule has 1 fully saturated rings. The zero-order chi connectivity index (χ0) is 10.2. The third-order valence-electron chi connectivity index (χ3n) is 3.14. The van der Waals surface area contributed by atoms with Gasteiger partial charge < -0.3 is 28.5 Å². The third kappa shape index (κ3) is 3.33. The molecule has 1 atom stereocenters. The van der Waals surface area contributed by atoms with Gasteiger partial charge in [-0.15, -0.1) is 0 Å². The van der Waals surface area contributed by atoms with Gasteiger partial charge in [-0.05, 0) is 17.7 Å². The van der Waals surface area contributed by atoms with Gasteiger partial charge in [-0.25, -0.2) is 0 Å². The lowest BCUT2D eigenvalue weighted by atomic mass is 9.99. The Morgan fingerprint density at radius 1 is 1.20 bits per heavy atom. The average molecular weight is 338 g/mol. The molecule has 0 N–H and O–H groups in total. The summed E-state index contributed by atoms with van der Waals surface area (Å²) in [5, 5.41) is 0.834. The third-order valence-corrected chi connectivity index (χ3v) is 3.39. The minimum absolute atomic E-state index is 0. The largest absolute Gasteiger partial charge is 1.00 e. The van der Waals surface area contributed by atoms with E-state index in [0.717, 1.165) is 15.4 Å². The van der Waals surface area contributed by atoms with Crippen molar-refractivity contribution in [2.75, 3.05) is 27.2 Å². The van der Waals surface area contributed by atoms with Gasteiger partial charge in [-0.1, -0.05) is 23.7 Å². The molecule has 1 aliphatic rings. The van der Waals surface area contributed by atoms with E-state index in [4.69, 9.17) is 11.6 Å². The second kappa shape index (κ2) is 5.02. The van der Waals surface area contributed by atoms with Gasteiger partial charge in [-0.2, -0.15) is 0 Å². The highest BCUT2D eigenvalue weighted by Gasteiger charge is 2.31. The summed E-state index contributed by atoms with van der Waals surface area (Å²) in [7, 11) is 4.60. The number of halogens is 2. The fourth-order valence-corrected chi connectivity index (χ4v) is 2.42. The van der Waals surface area contributed by atoms with Crippen molar-refractivity contribution in [1.29, 1.82) is 0 Å². The van der Waals surface area contributed by atoms with Crippen LogP contribution in [0.25, 0.3) is 0 Å². The van der Waals surface area contributed by atoms with Crippen LogP contribution in [0.2, 0.25) is 5.02 Å². The van der Waals surface area contributed by atoms with Gasteiger partial charge in [0.1, 0.15) is 0 Å². The van der Waals surface area contributed by atoms with Crippen LogP contribution in [0.3, 0.4) is 0 Å². The maximum atomic E-state index is 5.87. The Kier molecular flexibility index (Phi) is 4.44. The number of benzene rings is 1. The number of hydrogen-bond donors (Lipinski definition) is 0. The predicted molar refractivity (Wildman–Crippen MR) is 60.7 cm³/mol. The first-order chi connectivity index (χ1) is 6.57. The summed E-state index contributed by atoms with van der Waals surface area (Å²) in [5.74, 6) is 0.724. The molecule has 1 unspecified atom stereocenters. The first-order valence-corrected chi connectivity index (χ1v) is 5.52. The Balaban J connectivity index is 0.00000112. The van der Waals surface area contributed by atoms with Crippen LogP contribution in [-0.4, -0.2) is 31.7 Å². The van der Waals surface area contributed by atoms with Crippen molar-refractivity contribution in [2.45, 2.75) is 12.3 Å². The maximum Gasteiger partial charge on any atom is 0.0854 e. The van der Waals surface area contributed by atoms with Crippen molar-refractivity contribution >= 4 is 11.6 Å². The van der Waals surface area contributed by atoms with Crippen molar-refractivity contribution < 1.29 is 28.5 Å². The molecule has 1 nitrogen and oxygen atoms in total. The Morgan fingerprint density at radius 2 is 1.80 bits per heavy atom. The number of rotatable bonds is 1. The van der Waals surface area contributed by atoms with E-state index >= 15 is 0 Å². The Bertz CT molecular complexity index is 321. The average Bonchev–Trinajstić information content (AvgIpc) is 2.47. The van der Waals surface area contributed by atoms with Crippen LogP contribution in [0.4, 0.5) is 0 Å². The first-order valence-electron chi connectivity index (χ1n) is 5.14. The second-order valence-corrected chi connectivity index (χ2v) is 5.32. The number of likely N-dealkylation sites (N-methyl/N-ethyl adjacent to an activating group) is 1. The van der Waals surface area contributed by atoms with E-state index in [1.165, 1.54) is 25.1 Å². The standard InChI is InChI=1S/C12H17ClN.HI/c1-14(2)8-7-11(9-14)10-3-5-12(13)6-4-10;/h3-6,11H,7-9H2,1-2H3;1H/q+1;/p-1. The molecule has 3 heteroatoms. The fraction of sp³-hybridized carbons (Fsp3) is 0.500. The Morgan fingerprint density at radius 3 is 2.27 bits per heavy atom. The summed E-state index contributed by atoms with van der Waals surface area (Å²) < 4.78 is 1.15. The first kappa shape index (κ1) is 13.3. The molecule has 84 valence electrons. The monoisotopic (exact) mass is 337 g/mol. The minimum Gasteiger partial charge on any atom is -1.00 e.